The van der Waals surface area contributed by atoms with Crippen molar-refractivity contribution in [3.63, 3.8) is 0 Å². The lowest BCUT2D eigenvalue weighted by Crippen LogP contribution is -1.87. The zero-order valence-corrected chi connectivity index (χ0v) is 5.98. The smallest absolute Gasteiger partial charge is 0.191 e. The van der Waals surface area contributed by atoms with Gasteiger partial charge in [0.15, 0.2) is 7.23 Å². The Hall–Kier alpha value is -1.78. The number of nitrogens with zero attached hydrogens (tertiary/aromatic N) is 3. The second kappa shape index (κ2) is 2.69. The number of hydrogen-bond donors (Lipinski definition) is 1. The molecule has 5 heteroatoms. The fourth-order valence-corrected chi connectivity index (χ4v) is 0.863. The van der Waals surface area contributed by atoms with Gasteiger partial charge in [0, 0.05) is 6.20 Å². The molecule has 0 aliphatic carbocycles. The van der Waals surface area contributed by atoms with E-state index in [0.717, 1.165) is 5.09 Å². The normalized spacial score (nSPS) is 11.2. The number of aromatic nitrogens is 4. The number of aromatic amines is 1. The van der Waals surface area contributed by atoms with Crippen LogP contribution in [-0.2, 0) is 0 Å². The molecule has 0 spiro atoms. The van der Waals surface area contributed by atoms with Gasteiger partial charge in [-0.15, -0.1) is 5.10 Å². The summed E-state index contributed by atoms with van der Waals surface area (Å²) < 4.78 is 20.1. The predicted octanol–water partition coefficient (Wildman–Crippen LogP) is 1.01. The summed E-state index contributed by atoms with van der Waals surface area (Å²) in [5.74, 6) is -0.469. The molecule has 2 aromatic heterocycles. The third-order valence-electron chi connectivity index (χ3n) is 1.39. The molecule has 0 unspecified atom stereocenters. The van der Waals surface area contributed by atoms with E-state index >= 15 is 0 Å². The van der Waals surface area contributed by atoms with Gasteiger partial charge in [0.05, 0.1) is 6.20 Å². The molecule has 0 aliphatic rings. The molecule has 0 saturated carbocycles. The van der Waals surface area contributed by atoms with E-state index in [2.05, 4.69) is 15.3 Å². The third kappa shape index (κ3) is 1.05. The molecule has 2 aromatic rings. The van der Waals surface area contributed by atoms with Crippen molar-refractivity contribution in [1.82, 2.24) is 20.4 Å². The Morgan fingerprint density at radius 2 is 2.50 bits per heavy atom. The fraction of sp³-hybridized carbons (Fsp3) is 0. The van der Waals surface area contributed by atoms with Crippen molar-refractivity contribution in [2.75, 3.05) is 0 Å². The summed E-state index contributed by atoms with van der Waals surface area (Å²) in [4.78, 5) is 3.79. The van der Waals surface area contributed by atoms with E-state index in [4.69, 9.17) is 1.41 Å². The Labute approximate surface area is 68.9 Å². The van der Waals surface area contributed by atoms with E-state index in [9.17, 15) is 4.39 Å². The van der Waals surface area contributed by atoms with Crippen molar-refractivity contribution < 1.29 is 5.80 Å². The first kappa shape index (κ1) is 5.82. The van der Waals surface area contributed by atoms with Crippen LogP contribution in [0, 0.1) is 5.82 Å². The van der Waals surface area contributed by atoms with Crippen LogP contribution >= 0.6 is 0 Å². The van der Waals surface area contributed by atoms with Crippen LogP contribution in [0.15, 0.2) is 24.5 Å². The molecule has 60 valence electrons. The van der Waals surface area contributed by atoms with Crippen LogP contribution < -0.4 is 0 Å². The zero-order valence-electron chi connectivity index (χ0n) is 6.98. The Balaban J connectivity index is 2.52. The van der Waals surface area contributed by atoms with Gasteiger partial charge in [-0.25, -0.2) is 4.39 Å². The van der Waals surface area contributed by atoms with E-state index in [-0.39, 0.29) is 11.4 Å². The highest BCUT2D eigenvalue weighted by molar-refractivity contribution is 5.52. The Bertz CT molecular complexity index is 428. The first-order valence-electron chi connectivity index (χ1n) is 3.74. The maximum Gasteiger partial charge on any atom is 0.191 e. The highest BCUT2D eigenvalue weighted by Gasteiger charge is 2.06. The molecule has 2 rings (SSSR count). The minimum absolute atomic E-state index is 0.112. The lowest BCUT2D eigenvalue weighted by Gasteiger charge is -1.94. The molecule has 0 radical (unpaired) electrons. The molecule has 1 N–H and O–H groups in total. The molecular formula is C7H5FN4. The lowest BCUT2D eigenvalue weighted by molar-refractivity contribution is 0.625. The van der Waals surface area contributed by atoms with Crippen molar-refractivity contribution >= 4 is 0 Å². The quantitative estimate of drug-likeness (QED) is 0.685. The molecule has 0 aromatic carbocycles. The standard InChI is InChI=1S/C7H5FN4/c8-5-2-1-3-9-7(5)6-4-10-12-11-6/h1-4H,(H,10,11,12)/i/hD. The van der Waals surface area contributed by atoms with Gasteiger partial charge in [0.1, 0.15) is 11.4 Å². The van der Waals surface area contributed by atoms with E-state index in [0.29, 0.717) is 0 Å². The minimum atomic E-state index is -0.469. The molecule has 0 amide bonds. The molecular weight excluding hydrogens is 159 g/mol. The first-order valence-corrected chi connectivity index (χ1v) is 3.30. The molecule has 0 fully saturated rings. The Morgan fingerprint density at radius 3 is 3.17 bits per heavy atom. The van der Waals surface area contributed by atoms with Gasteiger partial charge in [0.2, 0.25) is 0 Å². The van der Waals surface area contributed by atoms with Crippen molar-refractivity contribution in [2.24, 2.45) is 0 Å². The third-order valence-corrected chi connectivity index (χ3v) is 1.39. The highest BCUT2D eigenvalue weighted by Crippen LogP contribution is 2.14. The number of pyridine rings is 1. The molecule has 4 nitrogen and oxygen atoms in total. The average molecular weight is 165 g/mol. The number of hydrogen-bond acceptors (Lipinski definition) is 3. The number of halogens is 1. The summed E-state index contributed by atoms with van der Waals surface area (Å²) in [7, 11) is 0. The van der Waals surface area contributed by atoms with E-state index < -0.39 is 5.82 Å². The summed E-state index contributed by atoms with van der Waals surface area (Å²) in [5, 5.41) is 7.68. The zero-order chi connectivity index (χ0) is 9.26. The second-order valence-corrected chi connectivity index (χ2v) is 2.15. The second-order valence-electron chi connectivity index (χ2n) is 2.15. The van der Waals surface area contributed by atoms with Crippen LogP contribution in [0.25, 0.3) is 11.4 Å². The maximum atomic E-state index is 13.1. The average Bonchev–Trinajstić information content (AvgIpc) is 2.53. The summed E-state index contributed by atoms with van der Waals surface area (Å²) in [6.07, 6.45) is 2.74. The van der Waals surface area contributed by atoms with Crippen molar-refractivity contribution in [2.45, 2.75) is 0 Å². The fourth-order valence-electron chi connectivity index (χ4n) is 0.863. The monoisotopic (exact) mass is 165 g/mol. The summed E-state index contributed by atoms with van der Waals surface area (Å²) in [6.45, 7) is 0. The summed E-state index contributed by atoms with van der Waals surface area (Å²) in [6, 6.07) is 2.77. The van der Waals surface area contributed by atoms with Gasteiger partial charge in [-0.2, -0.15) is 0 Å². The predicted molar refractivity (Wildman–Crippen MR) is 39.6 cm³/mol. The molecule has 0 aliphatic heterocycles. The van der Waals surface area contributed by atoms with Crippen LogP contribution in [0.4, 0.5) is 4.39 Å². The van der Waals surface area contributed by atoms with Crippen molar-refractivity contribution in [3.05, 3.63) is 30.3 Å². The van der Waals surface area contributed by atoms with Crippen LogP contribution in [0.5, 0.6) is 0 Å². The lowest BCUT2D eigenvalue weighted by atomic mass is 10.3. The van der Waals surface area contributed by atoms with Gasteiger partial charge in [-0.3, -0.25) is 10.1 Å². The van der Waals surface area contributed by atoms with Crippen LogP contribution in [0.1, 0.15) is 0 Å². The number of H-pyrrole nitrogens is 1. The molecule has 0 saturated heterocycles. The molecule has 12 heavy (non-hydrogen) atoms. The Kier molecular flexibility index (Phi) is 1.30. The Morgan fingerprint density at radius 1 is 1.58 bits per heavy atom. The summed E-state index contributed by atoms with van der Waals surface area (Å²) in [5.41, 5.74) is 0.370. The largest absolute Gasteiger partial charge is 0.265 e. The SMILES string of the molecule is [2H]n1cc(-c2ncccc2F)nn1. The van der Waals surface area contributed by atoms with Gasteiger partial charge >= 0.3 is 0 Å². The van der Waals surface area contributed by atoms with Crippen LogP contribution in [0.2, 0.25) is 1.41 Å². The van der Waals surface area contributed by atoms with E-state index in [1.165, 1.54) is 24.5 Å². The van der Waals surface area contributed by atoms with Crippen molar-refractivity contribution in [3.8, 4) is 11.4 Å². The molecule has 0 atom stereocenters. The summed E-state index contributed by atoms with van der Waals surface area (Å²) >= 11 is 0. The number of rotatable bonds is 1. The van der Waals surface area contributed by atoms with E-state index in [1.54, 1.807) is 0 Å². The van der Waals surface area contributed by atoms with Crippen LogP contribution in [-0.4, -0.2) is 20.4 Å². The molecule has 2 heterocycles. The van der Waals surface area contributed by atoms with E-state index in [1.807, 2.05) is 0 Å². The number of nitrogens with one attached hydrogen (secondary N) is 1. The van der Waals surface area contributed by atoms with Crippen molar-refractivity contribution in [1.29, 1.82) is 0 Å². The van der Waals surface area contributed by atoms with Gasteiger partial charge in [-0.05, 0) is 12.1 Å². The maximum absolute atomic E-state index is 13.1. The first-order chi connectivity index (χ1) is 6.27. The van der Waals surface area contributed by atoms with Gasteiger partial charge in [-0.1, -0.05) is 5.21 Å². The molecule has 0 bridgehead atoms. The van der Waals surface area contributed by atoms with Gasteiger partial charge in [0.25, 0.3) is 0 Å². The minimum Gasteiger partial charge on any atom is -0.265 e. The topological polar surface area (TPSA) is 54.5 Å². The van der Waals surface area contributed by atoms with Crippen LogP contribution in [0.3, 0.4) is 0 Å². The van der Waals surface area contributed by atoms with Gasteiger partial charge < -0.3 is 0 Å². The highest BCUT2D eigenvalue weighted by atomic mass is 19.1.